The second-order valence-corrected chi connectivity index (χ2v) is 3.49. The maximum atomic E-state index is 11.5. The Morgan fingerprint density at radius 3 is 2.62 bits per heavy atom. The van der Waals surface area contributed by atoms with Gasteiger partial charge < -0.3 is 15.5 Å². The summed E-state index contributed by atoms with van der Waals surface area (Å²) in [7, 11) is 0. The summed E-state index contributed by atoms with van der Waals surface area (Å²) >= 11 is 5.68. The van der Waals surface area contributed by atoms with Crippen LogP contribution in [0.1, 0.15) is 10.4 Å². The number of aliphatic hydroxyl groups excluding tert-OH is 1. The lowest BCUT2D eigenvalue weighted by molar-refractivity contribution is -0.140. The van der Waals surface area contributed by atoms with Crippen molar-refractivity contribution in [2.24, 2.45) is 0 Å². The topological polar surface area (TPSA) is 86.6 Å². The van der Waals surface area contributed by atoms with Crippen molar-refractivity contribution >= 4 is 23.5 Å². The monoisotopic (exact) mass is 243 g/mol. The summed E-state index contributed by atoms with van der Waals surface area (Å²) in [5.41, 5.74) is 0.243. The van der Waals surface area contributed by atoms with Crippen LogP contribution >= 0.6 is 11.6 Å². The number of hydrogen-bond acceptors (Lipinski definition) is 3. The van der Waals surface area contributed by atoms with Crippen LogP contribution in [-0.2, 0) is 4.79 Å². The summed E-state index contributed by atoms with van der Waals surface area (Å²) in [6, 6.07) is 4.77. The molecule has 5 nitrogen and oxygen atoms in total. The van der Waals surface area contributed by atoms with Gasteiger partial charge in [-0.3, -0.25) is 4.79 Å². The number of carbonyl (C=O) groups excluding carboxylic acids is 1. The Labute approximate surface area is 96.7 Å². The van der Waals surface area contributed by atoms with Gasteiger partial charge in [0.15, 0.2) is 6.04 Å². The summed E-state index contributed by atoms with van der Waals surface area (Å²) in [6.45, 7) is -0.665. The zero-order chi connectivity index (χ0) is 12.1. The molecule has 0 heterocycles. The van der Waals surface area contributed by atoms with E-state index in [1.165, 1.54) is 12.1 Å². The first-order valence-electron chi connectivity index (χ1n) is 4.44. The lowest BCUT2D eigenvalue weighted by Gasteiger charge is -2.11. The molecule has 0 aliphatic carbocycles. The maximum Gasteiger partial charge on any atom is 0.328 e. The smallest absolute Gasteiger partial charge is 0.328 e. The van der Waals surface area contributed by atoms with E-state index in [-0.39, 0.29) is 5.56 Å². The van der Waals surface area contributed by atoms with Crippen molar-refractivity contribution in [3.8, 4) is 0 Å². The number of carbonyl (C=O) groups is 2. The number of aliphatic carboxylic acids is 1. The minimum absolute atomic E-state index is 0.243. The molecule has 0 saturated heterocycles. The number of carboxylic acid groups (broad SMARTS) is 1. The van der Waals surface area contributed by atoms with E-state index in [4.69, 9.17) is 21.8 Å². The highest BCUT2D eigenvalue weighted by molar-refractivity contribution is 6.30. The van der Waals surface area contributed by atoms with Crippen LogP contribution in [0.3, 0.4) is 0 Å². The highest BCUT2D eigenvalue weighted by Crippen LogP contribution is 2.10. The van der Waals surface area contributed by atoms with Crippen molar-refractivity contribution in [3.05, 3.63) is 34.9 Å². The second kappa shape index (κ2) is 5.48. The van der Waals surface area contributed by atoms with E-state index in [2.05, 4.69) is 5.32 Å². The molecule has 6 heteroatoms. The molecule has 0 aliphatic rings. The lowest BCUT2D eigenvalue weighted by Crippen LogP contribution is -2.43. The fourth-order valence-electron chi connectivity index (χ4n) is 1.06. The molecule has 0 fully saturated rings. The van der Waals surface area contributed by atoms with Crippen molar-refractivity contribution in [1.82, 2.24) is 5.32 Å². The number of nitrogens with one attached hydrogen (secondary N) is 1. The summed E-state index contributed by atoms with van der Waals surface area (Å²) in [6.07, 6.45) is 0. The lowest BCUT2D eigenvalue weighted by atomic mass is 10.2. The first-order chi connectivity index (χ1) is 7.54. The highest BCUT2D eigenvalue weighted by atomic mass is 35.5. The minimum atomic E-state index is -1.31. The van der Waals surface area contributed by atoms with E-state index in [1.807, 2.05) is 0 Å². The average Bonchev–Trinajstić information content (AvgIpc) is 2.25. The number of aliphatic hydroxyl groups is 1. The van der Waals surface area contributed by atoms with Gasteiger partial charge in [-0.25, -0.2) is 4.79 Å². The van der Waals surface area contributed by atoms with Gasteiger partial charge in [0, 0.05) is 10.6 Å². The quantitative estimate of drug-likeness (QED) is 0.719. The van der Waals surface area contributed by atoms with Crippen LogP contribution in [0.15, 0.2) is 24.3 Å². The normalized spacial score (nSPS) is 11.9. The molecule has 1 aromatic carbocycles. The number of carboxylic acids is 1. The zero-order valence-corrected chi connectivity index (χ0v) is 8.94. The first kappa shape index (κ1) is 12.5. The Bertz CT molecular complexity index is 408. The van der Waals surface area contributed by atoms with Crippen LogP contribution in [0.25, 0.3) is 0 Å². The Balaban J connectivity index is 2.75. The third-order valence-electron chi connectivity index (χ3n) is 1.87. The molecule has 16 heavy (non-hydrogen) atoms. The molecule has 86 valence electrons. The SMILES string of the molecule is O=C(NC(CO)C(=O)O)c1cccc(Cl)c1. The summed E-state index contributed by atoms with van der Waals surface area (Å²) in [5.74, 6) is -1.89. The molecular weight excluding hydrogens is 234 g/mol. The van der Waals surface area contributed by atoms with E-state index >= 15 is 0 Å². The van der Waals surface area contributed by atoms with E-state index in [0.29, 0.717) is 5.02 Å². The first-order valence-corrected chi connectivity index (χ1v) is 4.82. The van der Waals surface area contributed by atoms with Gasteiger partial charge in [0.05, 0.1) is 6.61 Å². The van der Waals surface area contributed by atoms with Gasteiger partial charge in [-0.15, -0.1) is 0 Å². The van der Waals surface area contributed by atoms with Crippen LogP contribution in [0.2, 0.25) is 5.02 Å². The van der Waals surface area contributed by atoms with Crippen molar-refractivity contribution in [2.45, 2.75) is 6.04 Å². The highest BCUT2D eigenvalue weighted by Gasteiger charge is 2.19. The van der Waals surface area contributed by atoms with Crippen LogP contribution in [0.4, 0.5) is 0 Å². The van der Waals surface area contributed by atoms with Crippen molar-refractivity contribution in [1.29, 1.82) is 0 Å². The predicted octanol–water partition coefficient (Wildman–Crippen LogP) is 0.515. The fourth-order valence-corrected chi connectivity index (χ4v) is 1.25. The number of hydrogen-bond donors (Lipinski definition) is 3. The van der Waals surface area contributed by atoms with E-state index in [0.717, 1.165) is 0 Å². The number of rotatable bonds is 4. The Morgan fingerprint density at radius 1 is 1.44 bits per heavy atom. The predicted molar refractivity (Wildman–Crippen MR) is 57.4 cm³/mol. The van der Waals surface area contributed by atoms with Gasteiger partial charge in [0.25, 0.3) is 5.91 Å². The molecule has 0 saturated carbocycles. The Kier molecular flexibility index (Phi) is 4.28. The molecule has 0 radical (unpaired) electrons. The molecule has 1 amide bonds. The van der Waals surface area contributed by atoms with Crippen molar-refractivity contribution < 1.29 is 19.8 Å². The van der Waals surface area contributed by atoms with Gasteiger partial charge in [0.2, 0.25) is 0 Å². The van der Waals surface area contributed by atoms with Crippen molar-refractivity contribution in [2.75, 3.05) is 6.61 Å². The molecule has 1 unspecified atom stereocenters. The van der Waals surface area contributed by atoms with Crippen LogP contribution < -0.4 is 5.32 Å². The molecule has 3 N–H and O–H groups in total. The van der Waals surface area contributed by atoms with Gasteiger partial charge in [-0.05, 0) is 18.2 Å². The number of halogens is 1. The summed E-state index contributed by atoms with van der Waals surface area (Å²) < 4.78 is 0. The maximum absolute atomic E-state index is 11.5. The van der Waals surface area contributed by atoms with Crippen LogP contribution in [-0.4, -0.2) is 34.7 Å². The van der Waals surface area contributed by atoms with E-state index in [1.54, 1.807) is 12.1 Å². The average molecular weight is 244 g/mol. The van der Waals surface area contributed by atoms with Gasteiger partial charge >= 0.3 is 5.97 Å². The minimum Gasteiger partial charge on any atom is -0.480 e. The van der Waals surface area contributed by atoms with E-state index in [9.17, 15) is 9.59 Å². The summed E-state index contributed by atoms with van der Waals surface area (Å²) in [4.78, 5) is 22.1. The molecule has 1 atom stereocenters. The third kappa shape index (κ3) is 3.22. The third-order valence-corrected chi connectivity index (χ3v) is 2.11. The van der Waals surface area contributed by atoms with Gasteiger partial charge in [-0.1, -0.05) is 17.7 Å². The van der Waals surface area contributed by atoms with Gasteiger partial charge in [-0.2, -0.15) is 0 Å². The molecular formula is C10H10ClNO4. The number of amides is 1. The molecule has 0 bridgehead atoms. The molecule has 0 spiro atoms. The Hall–Kier alpha value is -1.59. The number of benzene rings is 1. The Morgan fingerprint density at radius 2 is 2.12 bits per heavy atom. The molecule has 1 aromatic rings. The molecule has 0 aromatic heterocycles. The standard InChI is InChI=1S/C10H10ClNO4/c11-7-3-1-2-6(4-7)9(14)12-8(5-13)10(15)16/h1-4,8,13H,5H2,(H,12,14)(H,15,16). The van der Waals surface area contributed by atoms with Crippen LogP contribution in [0, 0.1) is 0 Å². The molecule has 1 rings (SSSR count). The summed E-state index contributed by atoms with van der Waals surface area (Å²) in [5, 5.41) is 19.9. The van der Waals surface area contributed by atoms with Crippen LogP contribution in [0.5, 0.6) is 0 Å². The van der Waals surface area contributed by atoms with E-state index < -0.39 is 24.5 Å². The van der Waals surface area contributed by atoms with Gasteiger partial charge in [0.1, 0.15) is 0 Å². The molecule has 0 aliphatic heterocycles. The fraction of sp³-hybridized carbons (Fsp3) is 0.200. The largest absolute Gasteiger partial charge is 0.480 e. The van der Waals surface area contributed by atoms with Crippen molar-refractivity contribution in [3.63, 3.8) is 0 Å². The second-order valence-electron chi connectivity index (χ2n) is 3.06. The zero-order valence-electron chi connectivity index (χ0n) is 8.18.